The summed E-state index contributed by atoms with van der Waals surface area (Å²) in [7, 11) is 0. The van der Waals surface area contributed by atoms with Gasteiger partial charge in [0.25, 0.3) is 11.5 Å². The van der Waals surface area contributed by atoms with Crippen LogP contribution in [0.5, 0.6) is 5.75 Å². The fourth-order valence-corrected chi connectivity index (χ4v) is 4.73. The Balaban J connectivity index is 1.36. The summed E-state index contributed by atoms with van der Waals surface area (Å²) in [4.78, 5) is 30.3. The zero-order valence-electron chi connectivity index (χ0n) is 18.7. The summed E-state index contributed by atoms with van der Waals surface area (Å²) in [6, 6.07) is 21.6. The van der Waals surface area contributed by atoms with E-state index in [1.165, 1.54) is 15.9 Å². The molecule has 10 heteroatoms. The Labute approximate surface area is 219 Å². The molecule has 0 aliphatic carbocycles. The number of carbonyl (C=O) groups is 1. The summed E-state index contributed by atoms with van der Waals surface area (Å²) >= 11 is 13.3. The van der Waals surface area contributed by atoms with E-state index in [2.05, 4.69) is 15.4 Å². The van der Waals surface area contributed by atoms with Gasteiger partial charge < -0.3 is 10.1 Å². The Bertz CT molecular complexity index is 1650. The summed E-state index contributed by atoms with van der Waals surface area (Å²) in [5.74, 6) is 0.649. The van der Waals surface area contributed by atoms with Crippen molar-refractivity contribution in [3.05, 3.63) is 115 Å². The van der Waals surface area contributed by atoms with Gasteiger partial charge in [0.2, 0.25) is 4.96 Å². The Morgan fingerprint density at radius 1 is 1.03 bits per heavy atom. The van der Waals surface area contributed by atoms with Gasteiger partial charge in [-0.1, -0.05) is 64.9 Å². The first kappa shape index (κ1) is 24.0. The highest BCUT2D eigenvalue weighted by molar-refractivity contribution is 7.15. The fraction of sp³-hybridized carbons (Fsp3) is 0.0769. The molecule has 5 rings (SSSR count). The van der Waals surface area contributed by atoms with Crippen LogP contribution in [0.15, 0.2) is 77.6 Å². The van der Waals surface area contributed by atoms with Crippen LogP contribution in [0.3, 0.4) is 0 Å². The second-order valence-electron chi connectivity index (χ2n) is 7.83. The van der Waals surface area contributed by atoms with Gasteiger partial charge in [-0.2, -0.15) is 4.52 Å². The zero-order chi connectivity index (χ0) is 25.1. The number of nitrogens with zero attached hydrogens (tertiary/aromatic N) is 3. The molecule has 1 amide bonds. The predicted octanol–water partition coefficient (Wildman–Crippen LogP) is 4.61. The van der Waals surface area contributed by atoms with E-state index >= 15 is 0 Å². The van der Waals surface area contributed by atoms with Crippen molar-refractivity contribution >= 4 is 57.2 Å². The highest BCUT2D eigenvalue weighted by Crippen LogP contribution is 2.24. The summed E-state index contributed by atoms with van der Waals surface area (Å²) in [6.07, 6.45) is 2.20. The monoisotopic (exact) mass is 536 g/mol. The third-order valence-electron chi connectivity index (χ3n) is 5.18. The van der Waals surface area contributed by atoms with Crippen molar-refractivity contribution in [1.29, 1.82) is 0 Å². The van der Waals surface area contributed by atoms with Gasteiger partial charge in [-0.25, -0.2) is 4.98 Å². The van der Waals surface area contributed by atoms with Gasteiger partial charge in [0.1, 0.15) is 5.75 Å². The topological polar surface area (TPSA) is 85.6 Å². The lowest BCUT2D eigenvalue weighted by Gasteiger charge is -2.10. The molecule has 5 aromatic rings. The number of halogens is 2. The second-order valence-corrected chi connectivity index (χ2v) is 9.71. The molecule has 0 bridgehead atoms. The van der Waals surface area contributed by atoms with Crippen LogP contribution in [0.1, 0.15) is 17.0 Å². The van der Waals surface area contributed by atoms with Gasteiger partial charge in [0.15, 0.2) is 12.4 Å². The molecule has 36 heavy (non-hydrogen) atoms. The van der Waals surface area contributed by atoms with E-state index < -0.39 is 0 Å². The molecule has 180 valence electrons. The molecular weight excluding hydrogens is 519 g/mol. The number of ether oxygens (including phenoxy) is 1. The normalized spacial score (nSPS) is 11.7. The molecule has 0 saturated heterocycles. The van der Waals surface area contributed by atoms with E-state index in [0.29, 0.717) is 48.8 Å². The number of nitrogens with one attached hydrogen (secondary N) is 1. The molecule has 1 N–H and O–H groups in total. The maximum atomic E-state index is 13.0. The van der Waals surface area contributed by atoms with E-state index in [9.17, 15) is 9.59 Å². The van der Waals surface area contributed by atoms with Crippen molar-refractivity contribution in [3.63, 3.8) is 0 Å². The van der Waals surface area contributed by atoms with Crippen LogP contribution in [0.4, 0.5) is 5.69 Å². The largest absolute Gasteiger partial charge is 0.483 e. The van der Waals surface area contributed by atoms with Crippen LogP contribution >= 0.6 is 34.5 Å². The smallest absolute Gasteiger partial charge is 0.291 e. The average molecular weight is 537 g/mol. The van der Waals surface area contributed by atoms with Crippen molar-refractivity contribution in [3.8, 4) is 5.75 Å². The number of benzene rings is 3. The summed E-state index contributed by atoms with van der Waals surface area (Å²) in [6.45, 7) is -0.229. The number of hydrogen-bond donors (Lipinski definition) is 1. The number of fused-ring (bicyclic) bond motifs is 1. The van der Waals surface area contributed by atoms with Gasteiger partial charge in [0.05, 0.1) is 4.53 Å². The standard InChI is InChI=1S/C26H18Cl2N4O3S/c27-18-6-9-20(10-7-18)29-24(33)15-35-21-11-8-19(28)13-17(21)14-22-25(34)32-26(36-22)30-23(31-32)12-16-4-2-1-3-5-16/h1-11,13-14H,12,15H2,(H,29,33)/b22-14-. The molecular formula is C26H18Cl2N4O3S. The van der Waals surface area contributed by atoms with Crippen molar-refractivity contribution in [1.82, 2.24) is 14.6 Å². The van der Waals surface area contributed by atoms with Gasteiger partial charge in [-0.3, -0.25) is 9.59 Å². The van der Waals surface area contributed by atoms with Crippen LogP contribution in [-0.4, -0.2) is 27.1 Å². The highest BCUT2D eigenvalue weighted by atomic mass is 35.5. The lowest BCUT2D eigenvalue weighted by atomic mass is 10.1. The van der Waals surface area contributed by atoms with E-state index in [1.807, 2.05) is 30.3 Å². The molecule has 0 fully saturated rings. The molecule has 0 atom stereocenters. The second kappa shape index (κ2) is 10.5. The number of aromatic nitrogens is 3. The quantitative estimate of drug-likeness (QED) is 0.328. The minimum absolute atomic E-state index is 0.229. The number of anilines is 1. The maximum Gasteiger partial charge on any atom is 0.291 e. The number of hydrogen-bond acceptors (Lipinski definition) is 6. The number of rotatable bonds is 7. The first-order valence-electron chi connectivity index (χ1n) is 10.9. The van der Waals surface area contributed by atoms with Crippen LogP contribution in [-0.2, 0) is 11.2 Å². The van der Waals surface area contributed by atoms with Crippen molar-refractivity contribution in [2.24, 2.45) is 0 Å². The molecule has 0 saturated carbocycles. The minimum atomic E-state index is -0.340. The molecule has 2 heterocycles. The van der Waals surface area contributed by atoms with Gasteiger partial charge in [0, 0.05) is 27.7 Å². The third kappa shape index (κ3) is 5.57. The Morgan fingerprint density at radius 3 is 2.53 bits per heavy atom. The molecule has 0 aliphatic rings. The lowest BCUT2D eigenvalue weighted by molar-refractivity contribution is -0.118. The van der Waals surface area contributed by atoms with Crippen LogP contribution in [0.25, 0.3) is 11.0 Å². The summed E-state index contributed by atoms with van der Waals surface area (Å²) in [5.41, 5.74) is 1.95. The van der Waals surface area contributed by atoms with Gasteiger partial charge in [-0.15, -0.1) is 5.10 Å². The Hall–Kier alpha value is -3.72. The van der Waals surface area contributed by atoms with E-state index in [1.54, 1.807) is 48.5 Å². The fourth-order valence-electron chi connectivity index (χ4n) is 3.51. The number of amides is 1. The van der Waals surface area contributed by atoms with E-state index in [4.69, 9.17) is 27.9 Å². The van der Waals surface area contributed by atoms with Gasteiger partial charge >= 0.3 is 0 Å². The summed E-state index contributed by atoms with van der Waals surface area (Å²) < 4.78 is 7.47. The van der Waals surface area contributed by atoms with Gasteiger partial charge in [-0.05, 0) is 54.1 Å². The number of carbonyl (C=O) groups excluding carboxylic acids is 1. The van der Waals surface area contributed by atoms with Crippen molar-refractivity contribution < 1.29 is 9.53 Å². The van der Waals surface area contributed by atoms with Crippen molar-refractivity contribution in [2.45, 2.75) is 6.42 Å². The minimum Gasteiger partial charge on any atom is -0.483 e. The maximum absolute atomic E-state index is 13.0. The number of thiazole rings is 1. The third-order valence-corrected chi connectivity index (χ3v) is 6.62. The van der Waals surface area contributed by atoms with E-state index in [0.717, 1.165) is 5.56 Å². The zero-order valence-corrected chi connectivity index (χ0v) is 21.0. The van der Waals surface area contributed by atoms with E-state index in [-0.39, 0.29) is 18.1 Å². The predicted molar refractivity (Wildman–Crippen MR) is 142 cm³/mol. The highest BCUT2D eigenvalue weighted by Gasteiger charge is 2.13. The average Bonchev–Trinajstić information content (AvgIpc) is 3.38. The molecule has 0 spiro atoms. The first-order chi connectivity index (χ1) is 17.4. The lowest BCUT2D eigenvalue weighted by Crippen LogP contribution is -2.24. The Morgan fingerprint density at radius 2 is 1.78 bits per heavy atom. The van der Waals surface area contributed by atoms with Crippen molar-refractivity contribution in [2.75, 3.05) is 11.9 Å². The summed E-state index contributed by atoms with van der Waals surface area (Å²) in [5, 5.41) is 8.16. The molecule has 7 nitrogen and oxygen atoms in total. The van der Waals surface area contributed by atoms with Crippen LogP contribution in [0, 0.1) is 0 Å². The molecule has 2 aromatic heterocycles. The molecule has 0 aliphatic heterocycles. The van der Waals surface area contributed by atoms with Crippen LogP contribution < -0.4 is 20.1 Å². The van der Waals surface area contributed by atoms with Crippen LogP contribution in [0.2, 0.25) is 10.0 Å². The SMILES string of the molecule is O=C(COc1ccc(Cl)cc1/C=c1\sc2nc(Cc3ccccc3)nn2c1=O)Nc1ccc(Cl)cc1. The molecule has 0 unspecified atom stereocenters. The first-order valence-corrected chi connectivity index (χ1v) is 12.4. The Kier molecular flexibility index (Phi) is 6.99. The molecule has 3 aromatic carbocycles. The molecule has 0 radical (unpaired) electrons.